The number of piperidine rings is 1. The first-order valence-corrected chi connectivity index (χ1v) is 7.40. The van der Waals surface area contributed by atoms with E-state index in [0.717, 1.165) is 29.8 Å². The van der Waals surface area contributed by atoms with Crippen LogP contribution >= 0.6 is 15.9 Å². The zero-order valence-corrected chi connectivity index (χ0v) is 13.3. The molecule has 104 valence electrons. The number of amides is 1. The van der Waals surface area contributed by atoms with E-state index in [1.54, 1.807) is 6.20 Å². The lowest BCUT2D eigenvalue weighted by Crippen LogP contribution is -2.39. The summed E-state index contributed by atoms with van der Waals surface area (Å²) in [5.41, 5.74) is 0.675. The molecule has 1 aromatic rings. The summed E-state index contributed by atoms with van der Waals surface area (Å²) in [7, 11) is 3.82. The molecule has 0 aliphatic carbocycles. The molecule has 1 fully saturated rings. The van der Waals surface area contributed by atoms with Crippen LogP contribution in [0.4, 0.5) is 5.82 Å². The van der Waals surface area contributed by atoms with Crippen molar-refractivity contribution in [2.45, 2.75) is 19.8 Å². The number of rotatable bonds is 2. The van der Waals surface area contributed by atoms with Gasteiger partial charge in [-0.2, -0.15) is 0 Å². The Balaban J connectivity index is 2.29. The van der Waals surface area contributed by atoms with Crippen molar-refractivity contribution in [3.05, 3.63) is 22.3 Å². The van der Waals surface area contributed by atoms with Crippen molar-refractivity contribution in [2.75, 3.05) is 32.1 Å². The molecule has 1 aliphatic heterocycles. The second-order valence-corrected chi connectivity index (χ2v) is 6.33. The van der Waals surface area contributed by atoms with Gasteiger partial charge in [-0.05, 0) is 40.8 Å². The van der Waals surface area contributed by atoms with E-state index in [9.17, 15) is 4.79 Å². The molecule has 2 rings (SSSR count). The van der Waals surface area contributed by atoms with Crippen LogP contribution in [0.15, 0.2) is 16.7 Å². The zero-order valence-electron chi connectivity index (χ0n) is 11.7. The largest absolute Gasteiger partial charge is 0.362 e. The van der Waals surface area contributed by atoms with Gasteiger partial charge >= 0.3 is 0 Å². The number of halogens is 1. The molecular weight excluding hydrogens is 306 g/mol. The van der Waals surface area contributed by atoms with Crippen LogP contribution in [0.3, 0.4) is 0 Å². The Hall–Kier alpha value is -1.10. The quantitative estimate of drug-likeness (QED) is 0.838. The summed E-state index contributed by atoms with van der Waals surface area (Å²) in [4.78, 5) is 20.8. The fourth-order valence-corrected chi connectivity index (χ4v) is 2.82. The lowest BCUT2D eigenvalue weighted by Gasteiger charge is -2.31. The predicted molar refractivity (Wildman–Crippen MR) is 80.6 cm³/mol. The molecule has 0 aromatic carbocycles. The molecule has 1 unspecified atom stereocenters. The summed E-state index contributed by atoms with van der Waals surface area (Å²) < 4.78 is 0.839. The van der Waals surface area contributed by atoms with Crippen LogP contribution in [-0.2, 0) is 0 Å². The van der Waals surface area contributed by atoms with E-state index in [1.165, 1.54) is 6.42 Å². The minimum Gasteiger partial charge on any atom is -0.362 e. The third-order valence-electron chi connectivity index (χ3n) is 3.43. The number of hydrogen-bond donors (Lipinski definition) is 0. The average molecular weight is 326 g/mol. The van der Waals surface area contributed by atoms with Gasteiger partial charge in [0.1, 0.15) is 5.82 Å². The average Bonchev–Trinajstić information content (AvgIpc) is 2.37. The lowest BCUT2D eigenvalue weighted by atomic mass is 9.99. The first-order chi connectivity index (χ1) is 8.99. The zero-order chi connectivity index (χ0) is 14.0. The van der Waals surface area contributed by atoms with E-state index in [1.807, 2.05) is 30.0 Å². The molecule has 0 N–H and O–H groups in total. The summed E-state index contributed by atoms with van der Waals surface area (Å²) in [5, 5.41) is 0. The smallest absolute Gasteiger partial charge is 0.257 e. The van der Waals surface area contributed by atoms with Gasteiger partial charge in [0.25, 0.3) is 5.91 Å². The topological polar surface area (TPSA) is 36.4 Å². The SMILES string of the molecule is CC1CCCN(C(=O)c2cc(Br)cnc2N(C)C)C1. The Bertz CT molecular complexity index is 476. The van der Waals surface area contributed by atoms with Gasteiger partial charge in [0, 0.05) is 37.9 Å². The Morgan fingerprint density at radius 2 is 2.26 bits per heavy atom. The minimum absolute atomic E-state index is 0.0871. The summed E-state index contributed by atoms with van der Waals surface area (Å²) >= 11 is 3.40. The van der Waals surface area contributed by atoms with Crippen molar-refractivity contribution in [3.8, 4) is 0 Å². The summed E-state index contributed by atoms with van der Waals surface area (Å²) in [6.45, 7) is 3.90. The number of hydrogen-bond acceptors (Lipinski definition) is 3. The van der Waals surface area contributed by atoms with Crippen molar-refractivity contribution in [3.63, 3.8) is 0 Å². The number of carbonyl (C=O) groups is 1. The molecule has 1 aromatic heterocycles. The summed E-state index contributed by atoms with van der Waals surface area (Å²) in [6, 6.07) is 1.87. The molecule has 19 heavy (non-hydrogen) atoms. The van der Waals surface area contributed by atoms with E-state index in [0.29, 0.717) is 11.5 Å². The summed E-state index contributed by atoms with van der Waals surface area (Å²) in [5.74, 6) is 1.40. The Labute approximate surface area is 122 Å². The maximum atomic E-state index is 12.7. The molecule has 0 radical (unpaired) electrons. The van der Waals surface area contributed by atoms with Gasteiger partial charge < -0.3 is 9.80 Å². The highest BCUT2D eigenvalue weighted by Crippen LogP contribution is 2.24. The highest BCUT2D eigenvalue weighted by Gasteiger charge is 2.25. The molecule has 5 heteroatoms. The van der Waals surface area contributed by atoms with Gasteiger partial charge in [-0.25, -0.2) is 4.98 Å². The Morgan fingerprint density at radius 3 is 2.89 bits per heavy atom. The molecule has 1 atom stereocenters. The van der Waals surface area contributed by atoms with Crippen LogP contribution in [0.2, 0.25) is 0 Å². The number of likely N-dealkylation sites (tertiary alicyclic amines) is 1. The predicted octanol–water partition coefficient (Wildman–Crippen LogP) is 2.78. The van der Waals surface area contributed by atoms with Crippen LogP contribution in [0, 0.1) is 5.92 Å². The number of anilines is 1. The standard InChI is InChI=1S/C14H20BrN3O/c1-10-5-4-6-18(9-10)14(19)12-7-11(15)8-16-13(12)17(2)3/h7-8,10H,4-6,9H2,1-3H3. The first kappa shape index (κ1) is 14.3. The van der Waals surface area contributed by atoms with Crippen molar-refractivity contribution < 1.29 is 4.79 Å². The molecule has 1 saturated heterocycles. The van der Waals surface area contributed by atoms with Crippen LogP contribution in [0.1, 0.15) is 30.1 Å². The minimum atomic E-state index is 0.0871. The van der Waals surface area contributed by atoms with Crippen molar-refractivity contribution in [2.24, 2.45) is 5.92 Å². The van der Waals surface area contributed by atoms with E-state index < -0.39 is 0 Å². The third-order valence-corrected chi connectivity index (χ3v) is 3.87. The van der Waals surface area contributed by atoms with Gasteiger partial charge in [-0.15, -0.1) is 0 Å². The van der Waals surface area contributed by atoms with Gasteiger partial charge in [-0.3, -0.25) is 4.79 Å². The highest BCUT2D eigenvalue weighted by atomic mass is 79.9. The van der Waals surface area contributed by atoms with Crippen molar-refractivity contribution in [1.82, 2.24) is 9.88 Å². The Morgan fingerprint density at radius 1 is 1.53 bits per heavy atom. The summed E-state index contributed by atoms with van der Waals surface area (Å²) in [6.07, 6.45) is 4.03. The maximum absolute atomic E-state index is 12.7. The second-order valence-electron chi connectivity index (χ2n) is 5.42. The molecule has 4 nitrogen and oxygen atoms in total. The molecule has 2 heterocycles. The van der Waals surface area contributed by atoms with Gasteiger partial charge in [0.15, 0.2) is 0 Å². The molecular formula is C14H20BrN3O. The number of nitrogens with zero attached hydrogens (tertiary/aromatic N) is 3. The van der Waals surface area contributed by atoms with E-state index in [4.69, 9.17) is 0 Å². The van der Waals surface area contributed by atoms with Crippen LogP contribution < -0.4 is 4.90 Å². The monoisotopic (exact) mass is 325 g/mol. The van der Waals surface area contributed by atoms with Crippen LogP contribution in [-0.4, -0.2) is 43.0 Å². The molecule has 0 bridgehead atoms. The number of carbonyl (C=O) groups excluding carboxylic acids is 1. The fraction of sp³-hybridized carbons (Fsp3) is 0.571. The normalized spacial score (nSPS) is 19.4. The van der Waals surface area contributed by atoms with Gasteiger partial charge in [-0.1, -0.05) is 6.92 Å². The Kier molecular flexibility index (Phi) is 4.45. The van der Waals surface area contributed by atoms with E-state index in [2.05, 4.69) is 27.8 Å². The molecule has 1 amide bonds. The lowest BCUT2D eigenvalue weighted by molar-refractivity contribution is 0.0683. The fourth-order valence-electron chi connectivity index (χ4n) is 2.49. The van der Waals surface area contributed by atoms with Crippen LogP contribution in [0.25, 0.3) is 0 Å². The van der Waals surface area contributed by atoms with E-state index >= 15 is 0 Å². The van der Waals surface area contributed by atoms with Gasteiger partial charge in [0.2, 0.25) is 0 Å². The van der Waals surface area contributed by atoms with Gasteiger partial charge in [0.05, 0.1) is 5.56 Å². The number of pyridine rings is 1. The van der Waals surface area contributed by atoms with Crippen LogP contribution in [0.5, 0.6) is 0 Å². The molecule has 0 saturated carbocycles. The van der Waals surface area contributed by atoms with Crippen molar-refractivity contribution >= 4 is 27.7 Å². The number of aromatic nitrogens is 1. The first-order valence-electron chi connectivity index (χ1n) is 6.61. The highest BCUT2D eigenvalue weighted by molar-refractivity contribution is 9.10. The molecule has 1 aliphatic rings. The second kappa shape index (κ2) is 5.90. The van der Waals surface area contributed by atoms with E-state index in [-0.39, 0.29) is 5.91 Å². The maximum Gasteiger partial charge on any atom is 0.257 e. The third kappa shape index (κ3) is 3.26. The van der Waals surface area contributed by atoms with Crippen molar-refractivity contribution in [1.29, 1.82) is 0 Å². The molecule has 0 spiro atoms.